The highest BCUT2D eigenvalue weighted by Crippen LogP contribution is 2.52. The van der Waals surface area contributed by atoms with Gasteiger partial charge in [-0.2, -0.15) is 0 Å². The van der Waals surface area contributed by atoms with E-state index in [0.717, 1.165) is 34.1 Å². The summed E-state index contributed by atoms with van der Waals surface area (Å²) in [6, 6.07) is 84.9. The van der Waals surface area contributed by atoms with Crippen molar-refractivity contribution in [3.8, 4) is 44.5 Å². The molecule has 10 aromatic rings. The Hall–Kier alpha value is -7.94. The molecule has 316 valence electrons. The van der Waals surface area contributed by atoms with E-state index >= 15 is 0 Å². The molecule has 0 amide bonds. The largest absolute Gasteiger partial charge is 0.310 e. The first-order valence-corrected chi connectivity index (χ1v) is 23.2. The van der Waals surface area contributed by atoms with Crippen LogP contribution in [0.25, 0.3) is 55.3 Å². The standard InChI is InChI=1S/C64H50N2/c1-63(2)58-27-13-11-23-54(58)56-39-37-50(41-60(56)63)65(46-19-7-5-8-20-46)48-33-29-43(30-34-48)52-25-15-17-45-18-16-26-53(62(45)52)44-31-35-49(36-32-44)66(47-21-9-6-10-22-47)51-38-40-57-55-24-12-14-28-59(55)64(3,4)61(57)42-51/h5-42H,1-4H3. The summed E-state index contributed by atoms with van der Waals surface area (Å²) in [7, 11) is 0. The molecule has 66 heavy (non-hydrogen) atoms. The molecule has 0 N–H and O–H groups in total. The van der Waals surface area contributed by atoms with Crippen molar-refractivity contribution in [2.45, 2.75) is 38.5 Å². The van der Waals surface area contributed by atoms with Crippen LogP contribution in [0.2, 0.25) is 0 Å². The van der Waals surface area contributed by atoms with Gasteiger partial charge in [0.05, 0.1) is 0 Å². The quantitative estimate of drug-likeness (QED) is 0.150. The zero-order valence-corrected chi connectivity index (χ0v) is 37.8. The van der Waals surface area contributed by atoms with Crippen molar-refractivity contribution in [2.75, 3.05) is 9.80 Å². The highest BCUT2D eigenvalue weighted by molar-refractivity contribution is 6.06. The van der Waals surface area contributed by atoms with Gasteiger partial charge in [-0.25, -0.2) is 0 Å². The molecule has 0 aromatic heterocycles. The van der Waals surface area contributed by atoms with Crippen LogP contribution in [0.1, 0.15) is 49.9 Å². The molecule has 0 fully saturated rings. The summed E-state index contributed by atoms with van der Waals surface area (Å²) in [4.78, 5) is 4.78. The summed E-state index contributed by atoms with van der Waals surface area (Å²) >= 11 is 0. The Morgan fingerprint density at radius 2 is 0.591 bits per heavy atom. The third kappa shape index (κ3) is 6.31. The van der Waals surface area contributed by atoms with Crippen molar-refractivity contribution >= 4 is 44.9 Å². The maximum atomic E-state index is 2.41. The van der Waals surface area contributed by atoms with Gasteiger partial charge in [-0.15, -0.1) is 0 Å². The molecular weight excluding hydrogens is 797 g/mol. The summed E-state index contributed by atoms with van der Waals surface area (Å²) in [6.07, 6.45) is 0. The second kappa shape index (κ2) is 15.4. The van der Waals surface area contributed by atoms with Gasteiger partial charge in [-0.05, 0) is 150 Å². The maximum absolute atomic E-state index is 2.41. The van der Waals surface area contributed by atoms with Crippen LogP contribution < -0.4 is 9.80 Å². The lowest BCUT2D eigenvalue weighted by molar-refractivity contribution is 0.660. The Labute approximate surface area is 388 Å². The van der Waals surface area contributed by atoms with Crippen LogP contribution in [0.4, 0.5) is 34.1 Å². The summed E-state index contributed by atoms with van der Waals surface area (Å²) in [5.41, 5.74) is 22.3. The number of hydrogen-bond acceptors (Lipinski definition) is 2. The SMILES string of the molecule is CC1(C)c2ccccc2-c2ccc(N(c3ccccc3)c3ccc(-c4cccc5cccc(-c6ccc(N(c7ccccc7)c7ccc8c(c7)C(C)(C)c7ccccc7-8)cc6)c45)cc3)cc21. The zero-order valence-electron chi connectivity index (χ0n) is 37.8. The molecule has 2 heteroatoms. The molecule has 2 aliphatic rings. The number of anilines is 6. The fourth-order valence-corrected chi connectivity index (χ4v) is 11.1. The van der Waals surface area contributed by atoms with E-state index in [1.54, 1.807) is 0 Å². The molecular formula is C64H50N2. The van der Waals surface area contributed by atoms with E-state index in [2.05, 4.69) is 268 Å². The van der Waals surface area contributed by atoms with Gasteiger partial charge < -0.3 is 9.80 Å². The summed E-state index contributed by atoms with van der Waals surface area (Å²) in [5.74, 6) is 0. The van der Waals surface area contributed by atoms with Crippen LogP contribution in [-0.4, -0.2) is 0 Å². The highest BCUT2D eigenvalue weighted by Gasteiger charge is 2.37. The van der Waals surface area contributed by atoms with Crippen LogP contribution in [0, 0.1) is 0 Å². The van der Waals surface area contributed by atoms with Gasteiger partial charge in [0.2, 0.25) is 0 Å². The van der Waals surface area contributed by atoms with Gasteiger partial charge in [-0.1, -0.05) is 185 Å². The predicted octanol–water partition coefficient (Wildman–Crippen LogP) is 17.7. The number of benzene rings is 10. The van der Waals surface area contributed by atoms with E-state index in [1.165, 1.54) is 77.5 Å². The summed E-state index contributed by atoms with van der Waals surface area (Å²) in [6.45, 7) is 9.41. The highest BCUT2D eigenvalue weighted by atomic mass is 15.1. The molecule has 0 saturated carbocycles. The lowest BCUT2D eigenvalue weighted by Gasteiger charge is -2.28. The molecule has 0 radical (unpaired) electrons. The molecule has 0 unspecified atom stereocenters. The summed E-state index contributed by atoms with van der Waals surface area (Å²) < 4.78 is 0. The maximum Gasteiger partial charge on any atom is 0.0465 e. The molecule has 0 atom stereocenters. The Bertz CT molecular complexity index is 3230. The van der Waals surface area contributed by atoms with E-state index in [1.807, 2.05) is 0 Å². The topological polar surface area (TPSA) is 6.48 Å². The lowest BCUT2D eigenvalue weighted by atomic mass is 9.82. The first kappa shape index (κ1) is 39.6. The van der Waals surface area contributed by atoms with Gasteiger partial charge >= 0.3 is 0 Å². The van der Waals surface area contributed by atoms with E-state index in [9.17, 15) is 0 Å². The van der Waals surface area contributed by atoms with Crippen molar-refractivity contribution < 1.29 is 0 Å². The minimum atomic E-state index is -0.0883. The molecule has 0 saturated heterocycles. The lowest BCUT2D eigenvalue weighted by Crippen LogP contribution is -2.16. The minimum Gasteiger partial charge on any atom is -0.310 e. The monoisotopic (exact) mass is 846 g/mol. The number of rotatable bonds is 8. The second-order valence-corrected chi connectivity index (χ2v) is 18.9. The predicted molar refractivity (Wildman–Crippen MR) is 279 cm³/mol. The van der Waals surface area contributed by atoms with Crippen LogP contribution >= 0.6 is 0 Å². The molecule has 2 nitrogen and oxygen atoms in total. The number of hydrogen-bond donors (Lipinski definition) is 0. The number of para-hydroxylation sites is 2. The fraction of sp³-hybridized carbons (Fsp3) is 0.0938. The molecule has 10 aromatic carbocycles. The third-order valence-corrected chi connectivity index (χ3v) is 14.5. The Morgan fingerprint density at radius 1 is 0.258 bits per heavy atom. The fourth-order valence-electron chi connectivity index (χ4n) is 11.1. The normalized spacial score (nSPS) is 13.7. The van der Waals surface area contributed by atoms with Crippen LogP contribution in [0.3, 0.4) is 0 Å². The first-order valence-electron chi connectivity index (χ1n) is 23.2. The molecule has 12 rings (SSSR count). The van der Waals surface area contributed by atoms with Gasteiger partial charge in [0.25, 0.3) is 0 Å². The smallest absolute Gasteiger partial charge is 0.0465 e. The molecule has 0 aliphatic heterocycles. The Morgan fingerprint density at radius 3 is 1.02 bits per heavy atom. The van der Waals surface area contributed by atoms with E-state index in [0.29, 0.717) is 0 Å². The van der Waals surface area contributed by atoms with Crippen molar-refractivity contribution in [1.82, 2.24) is 0 Å². The zero-order chi connectivity index (χ0) is 44.6. The minimum absolute atomic E-state index is 0.0883. The van der Waals surface area contributed by atoms with Gasteiger partial charge in [-0.3, -0.25) is 0 Å². The van der Waals surface area contributed by atoms with Crippen molar-refractivity contribution in [3.05, 3.63) is 253 Å². The van der Waals surface area contributed by atoms with Gasteiger partial charge in [0, 0.05) is 45.0 Å². The molecule has 0 spiro atoms. The Kier molecular flexibility index (Phi) is 9.22. The van der Waals surface area contributed by atoms with Gasteiger partial charge in [0.15, 0.2) is 0 Å². The van der Waals surface area contributed by atoms with Crippen molar-refractivity contribution in [1.29, 1.82) is 0 Å². The first-order chi connectivity index (χ1) is 32.3. The van der Waals surface area contributed by atoms with E-state index < -0.39 is 0 Å². The second-order valence-electron chi connectivity index (χ2n) is 18.9. The van der Waals surface area contributed by atoms with Crippen LogP contribution in [0.15, 0.2) is 231 Å². The summed E-state index contributed by atoms with van der Waals surface area (Å²) in [5, 5.41) is 2.47. The number of fused-ring (bicyclic) bond motifs is 7. The number of nitrogens with zero attached hydrogens (tertiary/aromatic N) is 2. The average molecular weight is 847 g/mol. The average Bonchev–Trinajstić information content (AvgIpc) is 3.74. The van der Waals surface area contributed by atoms with Crippen LogP contribution in [-0.2, 0) is 10.8 Å². The van der Waals surface area contributed by atoms with E-state index in [4.69, 9.17) is 0 Å². The van der Waals surface area contributed by atoms with Crippen molar-refractivity contribution in [2.24, 2.45) is 0 Å². The third-order valence-electron chi connectivity index (χ3n) is 14.5. The molecule has 0 heterocycles. The van der Waals surface area contributed by atoms with E-state index in [-0.39, 0.29) is 10.8 Å². The Balaban J connectivity index is 0.907. The van der Waals surface area contributed by atoms with Gasteiger partial charge in [0.1, 0.15) is 0 Å². The molecule has 0 bridgehead atoms. The molecule has 2 aliphatic carbocycles. The van der Waals surface area contributed by atoms with Crippen molar-refractivity contribution in [3.63, 3.8) is 0 Å². The van der Waals surface area contributed by atoms with Crippen LogP contribution in [0.5, 0.6) is 0 Å².